The van der Waals surface area contributed by atoms with Gasteiger partial charge in [-0.1, -0.05) is 10.3 Å². The minimum atomic E-state index is -1.07. The SMILES string of the molecule is Cc1noc(CCNC(=O)C(C)(C)C(N)=NO)n1. The Morgan fingerprint density at radius 1 is 1.61 bits per heavy atom. The molecule has 0 aliphatic carbocycles. The molecule has 0 spiro atoms. The molecule has 0 aliphatic rings. The zero-order valence-electron chi connectivity index (χ0n) is 10.6. The van der Waals surface area contributed by atoms with Gasteiger partial charge in [-0.25, -0.2) is 0 Å². The highest BCUT2D eigenvalue weighted by atomic mass is 16.5. The second-order valence-electron chi connectivity index (χ2n) is 4.35. The first-order valence-electron chi connectivity index (χ1n) is 5.43. The number of rotatable bonds is 5. The Labute approximate surface area is 104 Å². The number of carbonyl (C=O) groups excluding carboxylic acids is 1. The molecule has 0 saturated carbocycles. The number of aryl methyl sites for hydroxylation is 1. The van der Waals surface area contributed by atoms with E-state index in [1.807, 2.05) is 0 Å². The van der Waals surface area contributed by atoms with Gasteiger partial charge in [-0.15, -0.1) is 0 Å². The summed E-state index contributed by atoms with van der Waals surface area (Å²) in [4.78, 5) is 15.8. The molecule has 1 aromatic heterocycles. The van der Waals surface area contributed by atoms with E-state index in [9.17, 15) is 4.79 Å². The molecule has 0 aliphatic heterocycles. The van der Waals surface area contributed by atoms with Crippen molar-refractivity contribution in [2.45, 2.75) is 27.2 Å². The third-order valence-corrected chi connectivity index (χ3v) is 2.51. The van der Waals surface area contributed by atoms with Crippen LogP contribution in [0.25, 0.3) is 0 Å². The lowest BCUT2D eigenvalue weighted by atomic mass is 9.91. The Hall–Kier alpha value is -2.12. The van der Waals surface area contributed by atoms with Gasteiger partial charge in [0.05, 0.1) is 0 Å². The molecule has 1 amide bonds. The zero-order chi connectivity index (χ0) is 13.8. The van der Waals surface area contributed by atoms with Crippen LogP contribution in [0.3, 0.4) is 0 Å². The number of nitrogens with one attached hydrogen (secondary N) is 1. The number of aromatic nitrogens is 2. The Bertz CT molecular complexity index is 452. The molecular formula is C10H17N5O3. The van der Waals surface area contributed by atoms with Crippen LogP contribution in [0.1, 0.15) is 25.6 Å². The molecule has 8 nitrogen and oxygen atoms in total. The first kappa shape index (κ1) is 13.9. The predicted molar refractivity (Wildman–Crippen MR) is 62.9 cm³/mol. The van der Waals surface area contributed by atoms with E-state index in [0.717, 1.165) is 0 Å². The van der Waals surface area contributed by atoms with Gasteiger partial charge in [-0.05, 0) is 20.8 Å². The number of nitrogens with two attached hydrogens (primary N) is 1. The maximum Gasteiger partial charge on any atom is 0.233 e. The fourth-order valence-electron chi connectivity index (χ4n) is 1.19. The van der Waals surface area contributed by atoms with Crippen molar-refractivity contribution in [3.05, 3.63) is 11.7 Å². The molecule has 0 radical (unpaired) electrons. The summed E-state index contributed by atoms with van der Waals surface area (Å²) in [5, 5.41) is 17.7. The predicted octanol–water partition coefficient (Wildman–Crippen LogP) is -0.191. The number of amides is 1. The molecule has 0 aromatic carbocycles. The molecule has 1 aromatic rings. The molecule has 0 bridgehead atoms. The molecule has 18 heavy (non-hydrogen) atoms. The summed E-state index contributed by atoms with van der Waals surface area (Å²) in [6.07, 6.45) is 0.429. The summed E-state index contributed by atoms with van der Waals surface area (Å²) < 4.78 is 4.90. The minimum absolute atomic E-state index is 0.145. The summed E-state index contributed by atoms with van der Waals surface area (Å²) in [7, 11) is 0. The minimum Gasteiger partial charge on any atom is -0.409 e. The standard InChI is InChI=1S/C10H17N5O3/c1-6-13-7(18-15-6)4-5-12-9(16)10(2,3)8(11)14-17/h17H,4-5H2,1-3H3,(H2,11,14)(H,12,16). The molecule has 1 rings (SSSR count). The number of oxime groups is 1. The van der Waals surface area contributed by atoms with Gasteiger partial charge in [0.25, 0.3) is 0 Å². The normalized spacial score (nSPS) is 12.5. The average Bonchev–Trinajstić information content (AvgIpc) is 2.73. The van der Waals surface area contributed by atoms with Crippen molar-refractivity contribution < 1.29 is 14.5 Å². The highest BCUT2D eigenvalue weighted by Crippen LogP contribution is 2.14. The quantitative estimate of drug-likeness (QED) is 0.289. The molecule has 0 saturated heterocycles. The second kappa shape index (κ2) is 5.48. The largest absolute Gasteiger partial charge is 0.409 e. The van der Waals surface area contributed by atoms with Crippen LogP contribution in [0.4, 0.5) is 0 Å². The monoisotopic (exact) mass is 255 g/mol. The van der Waals surface area contributed by atoms with E-state index < -0.39 is 5.41 Å². The van der Waals surface area contributed by atoms with Gasteiger partial charge in [0, 0.05) is 13.0 Å². The lowest BCUT2D eigenvalue weighted by Gasteiger charge is -2.21. The molecular weight excluding hydrogens is 238 g/mol. The second-order valence-corrected chi connectivity index (χ2v) is 4.35. The van der Waals surface area contributed by atoms with Gasteiger partial charge in [-0.2, -0.15) is 4.98 Å². The van der Waals surface area contributed by atoms with Crippen LogP contribution in [0.5, 0.6) is 0 Å². The fraction of sp³-hybridized carbons (Fsp3) is 0.600. The highest BCUT2D eigenvalue weighted by Gasteiger charge is 2.32. The van der Waals surface area contributed by atoms with Crippen LogP contribution in [-0.4, -0.2) is 33.6 Å². The van der Waals surface area contributed by atoms with Crippen LogP contribution in [-0.2, 0) is 11.2 Å². The van der Waals surface area contributed by atoms with E-state index in [0.29, 0.717) is 24.7 Å². The zero-order valence-corrected chi connectivity index (χ0v) is 10.6. The van der Waals surface area contributed by atoms with Crippen molar-refractivity contribution in [2.24, 2.45) is 16.3 Å². The third kappa shape index (κ3) is 3.19. The van der Waals surface area contributed by atoms with Crippen molar-refractivity contribution in [3.8, 4) is 0 Å². The summed E-state index contributed by atoms with van der Waals surface area (Å²) in [5.41, 5.74) is 4.37. The van der Waals surface area contributed by atoms with Gasteiger partial charge in [0.2, 0.25) is 11.8 Å². The number of amidine groups is 1. The van der Waals surface area contributed by atoms with Gasteiger partial charge in [-0.3, -0.25) is 4.79 Å². The number of hydrogen-bond donors (Lipinski definition) is 3. The van der Waals surface area contributed by atoms with Crippen molar-refractivity contribution in [3.63, 3.8) is 0 Å². The Kier molecular flexibility index (Phi) is 4.24. The van der Waals surface area contributed by atoms with Crippen LogP contribution < -0.4 is 11.1 Å². The van der Waals surface area contributed by atoms with Gasteiger partial charge in [0.15, 0.2) is 11.7 Å². The van der Waals surface area contributed by atoms with Crippen LogP contribution in [0.15, 0.2) is 9.68 Å². The van der Waals surface area contributed by atoms with Crippen LogP contribution >= 0.6 is 0 Å². The van der Waals surface area contributed by atoms with Gasteiger partial charge < -0.3 is 20.8 Å². The average molecular weight is 255 g/mol. The van der Waals surface area contributed by atoms with E-state index >= 15 is 0 Å². The van der Waals surface area contributed by atoms with Gasteiger partial charge in [0.1, 0.15) is 5.41 Å². The molecule has 8 heteroatoms. The lowest BCUT2D eigenvalue weighted by molar-refractivity contribution is -0.126. The Morgan fingerprint density at radius 2 is 2.28 bits per heavy atom. The maximum absolute atomic E-state index is 11.8. The van der Waals surface area contributed by atoms with E-state index in [1.54, 1.807) is 20.8 Å². The van der Waals surface area contributed by atoms with Crippen molar-refractivity contribution in [2.75, 3.05) is 6.54 Å². The summed E-state index contributed by atoms with van der Waals surface area (Å²) in [5.74, 6) is 0.519. The number of hydrogen-bond acceptors (Lipinski definition) is 6. The van der Waals surface area contributed by atoms with Crippen molar-refractivity contribution in [1.29, 1.82) is 0 Å². The van der Waals surface area contributed by atoms with E-state index in [2.05, 4.69) is 20.6 Å². The fourth-order valence-corrected chi connectivity index (χ4v) is 1.19. The van der Waals surface area contributed by atoms with Crippen molar-refractivity contribution >= 4 is 11.7 Å². The first-order valence-corrected chi connectivity index (χ1v) is 5.43. The van der Waals surface area contributed by atoms with E-state index in [4.69, 9.17) is 15.5 Å². The smallest absolute Gasteiger partial charge is 0.233 e. The Morgan fingerprint density at radius 3 is 2.78 bits per heavy atom. The lowest BCUT2D eigenvalue weighted by Crippen LogP contribution is -2.46. The van der Waals surface area contributed by atoms with E-state index in [1.165, 1.54) is 0 Å². The number of nitrogens with zero attached hydrogens (tertiary/aromatic N) is 3. The van der Waals surface area contributed by atoms with Gasteiger partial charge >= 0.3 is 0 Å². The summed E-state index contributed by atoms with van der Waals surface area (Å²) in [6.45, 7) is 5.18. The molecule has 0 atom stereocenters. The van der Waals surface area contributed by atoms with Crippen LogP contribution in [0.2, 0.25) is 0 Å². The molecule has 0 unspecified atom stereocenters. The number of carbonyl (C=O) groups is 1. The molecule has 4 N–H and O–H groups in total. The van der Waals surface area contributed by atoms with Crippen LogP contribution in [0, 0.1) is 12.3 Å². The third-order valence-electron chi connectivity index (χ3n) is 2.51. The Balaban J connectivity index is 2.47. The maximum atomic E-state index is 11.8. The summed E-state index contributed by atoms with van der Waals surface area (Å²) in [6, 6.07) is 0. The molecule has 0 fully saturated rings. The summed E-state index contributed by atoms with van der Waals surface area (Å²) >= 11 is 0. The first-order chi connectivity index (χ1) is 8.37. The topological polar surface area (TPSA) is 127 Å². The highest BCUT2D eigenvalue weighted by molar-refractivity contribution is 6.05. The molecule has 1 heterocycles. The van der Waals surface area contributed by atoms with E-state index in [-0.39, 0.29) is 11.7 Å². The molecule has 100 valence electrons. The van der Waals surface area contributed by atoms with Crippen molar-refractivity contribution in [1.82, 2.24) is 15.5 Å².